The van der Waals surface area contributed by atoms with Crippen molar-refractivity contribution < 1.29 is 19.0 Å². The van der Waals surface area contributed by atoms with Crippen LogP contribution in [0.5, 0.6) is 5.75 Å². The predicted octanol–water partition coefficient (Wildman–Crippen LogP) is 7.08. The number of alkyl halides is 1. The molecular formula is C26H23ClFN3O5S. The molecule has 0 amide bonds. The van der Waals surface area contributed by atoms with E-state index in [2.05, 4.69) is 5.32 Å². The Labute approximate surface area is 221 Å². The summed E-state index contributed by atoms with van der Waals surface area (Å²) in [4.78, 5) is 23.3. The van der Waals surface area contributed by atoms with Gasteiger partial charge < -0.3 is 10.1 Å². The van der Waals surface area contributed by atoms with E-state index in [0.29, 0.717) is 34.9 Å². The van der Waals surface area contributed by atoms with E-state index in [4.69, 9.17) is 16.3 Å². The Hall–Kier alpha value is -3.37. The maximum Gasteiger partial charge on any atom is 0.296 e. The Balaban J connectivity index is 1.61. The van der Waals surface area contributed by atoms with E-state index in [-0.39, 0.29) is 40.3 Å². The van der Waals surface area contributed by atoms with Crippen molar-refractivity contribution in [1.29, 1.82) is 0 Å². The highest BCUT2D eigenvalue weighted by atomic mass is 35.5. The Morgan fingerprint density at radius 2 is 1.78 bits per heavy atom. The van der Waals surface area contributed by atoms with Gasteiger partial charge in [-0.3, -0.25) is 20.2 Å². The predicted molar refractivity (Wildman–Crippen MR) is 140 cm³/mol. The molecule has 0 unspecified atom stereocenters. The van der Waals surface area contributed by atoms with Crippen molar-refractivity contribution in [3.63, 3.8) is 0 Å². The minimum absolute atomic E-state index is 0.00844. The monoisotopic (exact) mass is 543 g/mol. The first-order valence-electron chi connectivity index (χ1n) is 11.8. The van der Waals surface area contributed by atoms with Crippen LogP contribution < -0.4 is 10.1 Å². The molecule has 1 fully saturated rings. The third kappa shape index (κ3) is 4.71. The largest absolute Gasteiger partial charge is 0.494 e. The highest BCUT2D eigenvalue weighted by Crippen LogP contribution is 2.59. The van der Waals surface area contributed by atoms with Crippen LogP contribution in [-0.2, 0) is 0 Å². The number of para-hydroxylation sites is 1. The zero-order valence-electron chi connectivity index (χ0n) is 19.7. The number of nitrogens with zero attached hydrogens (tertiary/aromatic N) is 2. The molecule has 0 radical (unpaired) electrons. The lowest BCUT2D eigenvalue weighted by atomic mass is 9.77. The van der Waals surface area contributed by atoms with Crippen molar-refractivity contribution in [3.8, 4) is 5.75 Å². The molecule has 3 aromatic carbocycles. The molecule has 5 rings (SSSR count). The molecule has 1 saturated carbocycles. The minimum atomic E-state index is -0.477. The standard InChI is InChI=1S/C26H23ClFN3O5S/c1-2-36-16-11-17-23-18(13-22(24(23)27)37-21-6-4-3-5-19(21)30(32)33)25(14-7-9-15(28)10-8-14)29-26(17)20(12-16)31(34)35/h3-12,18,22-25,29H,2,13H2,1H3/t18-,22+,23+,24+,25-/m1/s1. The van der Waals surface area contributed by atoms with Crippen LogP contribution in [0.25, 0.3) is 0 Å². The summed E-state index contributed by atoms with van der Waals surface area (Å²) in [6, 6.07) is 15.4. The number of rotatable bonds is 7. The number of nitro benzene ring substituents is 2. The summed E-state index contributed by atoms with van der Waals surface area (Å²) in [5.41, 5.74) is 1.72. The van der Waals surface area contributed by atoms with E-state index in [1.807, 2.05) is 0 Å². The highest BCUT2D eigenvalue weighted by Gasteiger charge is 2.52. The number of benzene rings is 3. The second kappa shape index (κ2) is 10.2. The van der Waals surface area contributed by atoms with Crippen LogP contribution in [0, 0.1) is 32.0 Å². The van der Waals surface area contributed by atoms with E-state index in [1.54, 1.807) is 43.3 Å². The van der Waals surface area contributed by atoms with Crippen molar-refractivity contribution in [3.05, 3.63) is 97.8 Å². The smallest absolute Gasteiger partial charge is 0.296 e. The number of fused-ring (bicyclic) bond motifs is 3. The topological polar surface area (TPSA) is 108 Å². The Morgan fingerprint density at radius 1 is 1.08 bits per heavy atom. The number of halogens is 2. The molecule has 0 spiro atoms. The van der Waals surface area contributed by atoms with E-state index in [0.717, 1.165) is 5.56 Å². The first-order valence-corrected chi connectivity index (χ1v) is 13.1. The van der Waals surface area contributed by atoms with Crippen LogP contribution in [-0.4, -0.2) is 27.1 Å². The van der Waals surface area contributed by atoms with Crippen LogP contribution in [0.1, 0.15) is 36.4 Å². The molecule has 37 heavy (non-hydrogen) atoms. The van der Waals surface area contributed by atoms with Crippen molar-refractivity contribution >= 4 is 40.4 Å². The van der Waals surface area contributed by atoms with Gasteiger partial charge in [-0.25, -0.2) is 4.39 Å². The van der Waals surface area contributed by atoms with Gasteiger partial charge in [-0.2, -0.15) is 0 Å². The molecule has 0 bridgehead atoms. The SMILES string of the molecule is CCOc1cc2c(c([N+](=O)[O-])c1)N[C@H](c1ccc(F)cc1)[C@@H]1C[C@H](Sc3ccccc3[N+](=O)[O-])[C@H](Cl)[C@@H]21. The number of thioether (sulfide) groups is 1. The molecule has 1 N–H and O–H groups in total. The third-order valence-electron chi connectivity index (χ3n) is 6.95. The van der Waals surface area contributed by atoms with Gasteiger partial charge in [-0.1, -0.05) is 24.3 Å². The van der Waals surface area contributed by atoms with Crippen LogP contribution in [0.15, 0.2) is 65.6 Å². The summed E-state index contributed by atoms with van der Waals surface area (Å²) in [7, 11) is 0. The van der Waals surface area contributed by atoms with E-state index < -0.39 is 15.2 Å². The molecule has 1 aliphatic carbocycles. The molecule has 2 aliphatic rings. The first-order chi connectivity index (χ1) is 17.8. The lowest BCUT2D eigenvalue weighted by molar-refractivity contribution is -0.387. The van der Waals surface area contributed by atoms with Gasteiger partial charge in [-0.05, 0) is 54.7 Å². The summed E-state index contributed by atoms with van der Waals surface area (Å²) < 4.78 is 19.4. The number of hydrogen-bond donors (Lipinski definition) is 1. The average molecular weight is 544 g/mol. The molecule has 0 aromatic heterocycles. The molecule has 11 heteroatoms. The van der Waals surface area contributed by atoms with Crippen LogP contribution in [0.2, 0.25) is 0 Å². The summed E-state index contributed by atoms with van der Waals surface area (Å²) >= 11 is 8.46. The van der Waals surface area contributed by atoms with Crippen molar-refractivity contribution in [2.24, 2.45) is 5.92 Å². The zero-order valence-corrected chi connectivity index (χ0v) is 21.2. The van der Waals surface area contributed by atoms with E-state index in [9.17, 15) is 24.6 Å². The molecule has 1 aliphatic heterocycles. The third-order valence-corrected chi connectivity index (χ3v) is 9.06. The van der Waals surface area contributed by atoms with Crippen LogP contribution in [0.3, 0.4) is 0 Å². The Kier molecular flexibility index (Phi) is 6.96. The minimum Gasteiger partial charge on any atom is -0.494 e. The van der Waals surface area contributed by atoms with Gasteiger partial charge in [0.15, 0.2) is 0 Å². The van der Waals surface area contributed by atoms with Gasteiger partial charge in [0.2, 0.25) is 0 Å². The maximum absolute atomic E-state index is 13.7. The zero-order chi connectivity index (χ0) is 26.3. The fourth-order valence-electron chi connectivity index (χ4n) is 5.44. The fraction of sp³-hybridized carbons (Fsp3) is 0.308. The van der Waals surface area contributed by atoms with Crippen molar-refractivity contribution in [1.82, 2.24) is 0 Å². The summed E-state index contributed by atoms with van der Waals surface area (Å²) in [5.74, 6) is -0.396. The van der Waals surface area contributed by atoms with Gasteiger partial charge in [-0.15, -0.1) is 23.4 Å². The van der Waals surface area contributed by atoms with Gasteiger partial charge >= 0.3 is 0 Å². The quantitative estimate of drug-likeness (QED) is 0.193. The molecule has 8 nitrogen and oxygen atoms in total. The number of anilines is 1. The fourth-order valence-corrected chi connectivity index (χ4v) is 7.39. The normalized spacial score (nSPS) is 24.0. The average Bonchev–Trinajstić information content (AvgIpc) is 3.20. The maximum atomic E-state index is 13.7. The highest BCUT2D eigenvalue weighted by molar-refractivity contribution is 8.00. The summed E-state index contributed by atoms with van der Waals surface area (Å²) in [6.07, 6.45) is 0.594. The van der Waals surface area contributed by atoms with Crippen LogP contribution in [0.4, 0.5) is 21.5 Å². The Morgan fingerprint density at radius 3 is 2.46 bits per heavy atom. The summed E-state index contributed by atoms with van der Waals surface area (Å²) in [6.45, 7) is 2.15. The van der Waals surface area contributed by atoms with E-state index >= 15 is 0 Å². The van der Waals surface area contributed by atoms with Crippen LogP contribution >= 0.6 is 23.4 Å². The molecule has 5 atom stereocenters. The second-order valence-electron chi connectivity index (χ2n) is 9.02. The lowest BCUT2D eigenvalue weighted by Crippen LogP contribution is -2.31. The van der Waals surface area contributed by atoms with Gasteiger partial charge in [0.1, 0.15) is 17.3 Å². The van der Waals surface area contributed by atoms with E-state index in [1.165, 1.54) is 36.0 Å². The second-order valence-corrected chi connectivity index (χ2v) is 10.8. The summed E-state index contributed by atoms with van der Waals surface area (Å²) in [5, 5.41) is 26.3. The number of hydrogen-bond acceptors (Lipinski definition) is 7. The molecule has 192 valence electrons. The number of nitrogens with one attached hydrogen (secondary N) is 1. The van der Waals surface area contributed by atoms with Crippen molar-refractivity contribution in [2.75, 3.05) is 11.9 Å². The van der Waals surface area contributed by atoms with Crippen molar-refractivity contribution in [2.45, 2.75) is 40.8 Å². The molecule has 0 saturated heterocycles. The Bertz CT molecular complexity index is 1360. The number of ether oxygens (including phenoxy) is 1. The first kappa shape index (κ1) is 25.3. The lowest BCUT2D eigenvalue weighted by Gasteiger charge is -2.38. The van der Waals surface area contributed by atoms with Gasteiger partial charge in [0.25, 0.3) is 11.4 Å². The van der Waals surface area contributed by atoms with Gasteiger partial charge in [0.05, 0.1) is 38.8 Å². The molecule has 3 aromatic rings. The molecule has 1 heterocycles. The molecular weight excluding hydrogens is 521 g/mol. The number of nitro groups is 2. The van der Waals surface area contributed by atoms with Gasteiger partial charge in [0, 0.05) is 17.2 Å².